The lowest BCUT2D eigenvalue weighted by molar-refractivity contribution is 0.0994. The summed E-state index contributed by atoms with van der Waals surface area (Å²) in [5, 5.41) is 0. The van der Waals surface area contributed by atoms with E-state index in [4.69, 9.17) is 4.74 Å². The van der Waals surface area contributed by atoms with Crippen molar-refractivity contribution in [3.63, 3.8) is 0 Å². The van der Waals surface area contributed by atoms with Crippen molar-refractivity contribution in [3.05, 3.63) is 28.8 Å². The highest BCUT2D eigenvalue weighted by atomic mass is 28.3. The highest BCUT2D eigenvalue weighted by Crippen LogP contribution is 2.29. The second-order valence-electron chi connectivity index (χ2n) is 5.63. The van der Waals surface area contributed by atoms with Gasteiger partial charge in [0, 0.05) is 12.0 Å². The van der Waals surface area contributed by atoms with Gasteiger partial charge in [0.25, 0.3) is 0 Å². The Balaban J connectivity index is 2.48. The summed E-state index contributed by atoms with van der Waals surface area (Å²) in [6.45, 7) is 6.64. The second-order valence-corrected chi connectivity index (χ2v) is 10.4. The molecule has 3 heteroatoms. The summed E-state index contributed by atoms with van der Waals surface area (Å²) in [5.74, 6) is 4.16. The number of aryl methyl sites for hydroxylation is 1. The molecule has 0 amide bonds. The third-order valence-electron chi connectivity index (χ3n) is 2.92. The summed E-state index contributed by atoms with van der Waals surface area (Å²) in [4.78, 5) is 11.7. The smallest absolute Gasteiger partial charge is 0.163 e. The minimum Gasteiger partial charge on any atom is -0.495 e. The normalized spacial score (nSPS) is 13.9. The Bertz CT molecular complexity index is 556. The zero-order valence-corrected chi connectivity index (χ0v) is 12.4. The van der Waals surface area contributed by atoms with Crippen LogP contribution in [0.25, 0.3) is 0 Å². The number of carbonyl (C=O) groups is 1. The summed E-state index contributed by atoms with van der Waals surface area (Å²) in [6, 6.07) is 3.87. The van der Waals surface area contributed by atoms with E-state index in [1.807, 2.05) is 12.1 Å². The molecule has 2 nitrogen and oxygen atoms in total. The minimum atomic E-state index is -1.40. The SMILES string of the molecule is COc1cc2c(cc1C#C[Si](C)(C)C)CCC2=O. The maximum Gasteiger partial charge on any atom is 0.163 e. The van der Waals surface area contributed by atoms with Gasteiger partial charge in [0.15, 0.2) is 5.78 Å². The second kappa shape index (κ2) is 4.62. The predicted octanol–water partition coefficient (Wildman–Crippen LogP) is 3.05. The van der Waals surface area contributed by atoms with Gasteiger partial charge in [-0.3, -0.25) is 4.79 Å². The van der Waals surface area contributed by atoms with Crippen LogP contribution >= 0.6 is 0 Å². The summed E-state index contributed by atoms with van der Waals surface area (Å²) >= 11 is 0. The van der Waals surface area contributed by atoms with Crippen molar-refractivity contribution >= 4 is 13.9 Å². The van der Waals surface area contributed by atoms with Crippen LogP contribution in [0.15, 0.2) is 12.1 Å². The molecule has 0 bridgehead atoms. The van der Waals surface area contributed by atoms with Crippen molar-refractivity contribution in [2.75, 3.05) is 7.11 Å². The number of hydrogen-bond donors (Lipinski definition) is 0. The van der Waals surface area contributed by atoms with E-state index in [0.29, 0.717) is 6.42 Å². The molecular weight excluding hydrogens is 240 g/mol. The highest BCUT2D eigenvalue weighted by Gasteiger charge is 2.21. The molecular formula is C15H18O2Si. The van der Waals surface area contributed by atoms with Crippen molar-refractivity contribution in [2.24, 2.45) is 0 Å². The standard InChI is InChI=1S/C15H18O2Si/c1-17-15-10-13-11(5-6-14(13)16)9-12(15)7-8-18(2,3)4/h9-10H,5-6H2,1-4H3. The van der Waals surface area contributed by atoms with Gasteiger partial charge < -0.3 is 4.74 Å². The molecule has 1 aliphatic carbocycles. The van der Waals surface area contributed by atoms with Crippen molar-refractivity contribution < 1.29 is 9.53 Å². The van der Waals surface area contributed by atoms with Gasteiger partial charge in [-0.05, 0) is 24.1 Å². The topological polar surface area (TPSA) is 26.3 Å². The van der Waals surface area contributed by atoms with Crippen molar-refractivity contribution in [1.82, 2.24) is 0 Å². The van der Waals surface area contributed by atoms with Gasteiger partial charge in [-0.15, -0.1) is 5.54 Å². The lowest BCUT2D eigenvalue weighted by Gasteiger charge is -2.08. The molecule has 18 heavy (non-hydrogen) atoms. The van der Waals surface area contributed by atoms with Crippen LogP contribution in [0.3, 0.4) is 0 Å². The van der Waals surface area contributed by atoms with Gasteiger partial charge in [0.1, 0.15) is 13.8 Å². The first-order valence-electron chi connectivity index (χ1n) is 6.18. The van der Waals surface area contributed by atoms with E-state index in [1.165, 1.54) is 0 Å². The van der Waals surface area contributed by atoms with E-state index >= 15 is 0 Å². The summed E-state index contributed by atoms with van der Waals surface area (Å²) in [5.41, 5.74) is 6.17. The fourth-order valence-corrected chi connectivity index (χ4v) is 2.51. The first-order chi connectivity index (χ1) is 8.40. The molecule has 0 aromatic heterocycles. The molecule has 0 radical (unpaired) electrons. The Morgan fingerprint density at radius 3 is 2.56 bits per heavy atom. The van der Waals surface area contributed by atoms with E-state index in [0.717, 1.165) is 28.9 Å². The summed E-state index contributed by atoms with van der Waals surface area (Å²) < 4.78 is 5.34. The van der Waals surface area contributed by atoms with Crippen LogP contribution in [-0.2, 0) is 6.42 Å². The molecule has 0 unspecified atom stereocenters. The lowest BCUT2D eigenvalue weighted by Crippen LogP contribution is -2.16. The van der Waals surface area contributed by atoms with Crippen LogP contribution in [0.1, 0.15) is 27.9 Å². The van der Waals surface area contributed by atoms with E-state index in [-0.39, 0.29) is 5.78 Å². The minimum absolute atomic E-state index is 0.216. The monoisotopic (exact) mass is 258 g/mol. The van der Waals surface area contributed by atoms with Crippen LogP contribution in [0.5, 0.6) is 5.75 Å². The third kappa shape index (κ3) is 2.65. The molecule has 94 valence electrons. The molecule has 0 atom stereocenters. The molecule has 0 heterocycles. The van der Waals surface area contributed by atoms with Crippen LogP contribution in [0, 0.1) is 11.5 Å². The first-order valence-corrected chi connectivity index (χ1v) is 9.68. The molecule has 1 aromatic carbocycles. The molecule has 0 saturated heterocycles. The van der Waals surface area contributed by atoms with E-state index in [9.17, 15) is 4.79 Å². The van der Waals surface area contributed by atoms with Crippen LogP contribution < -0.4 is 4.74 Å². The fraction of sp³-hybridized carbons (Fsp3) is 0.400. The van der Waals surface area contributed by atoms with Gasteiger partial charge in [0.2, 0.25) is 0 Å². The zero-order valence-electron chi connectivity index (χ0n) is 11.4. The number of Topliss-reactive ketones (excluding diaryl/α,β-unsaturated/α-hetero) is 1. The van der Waals surface area contributed by atoms with Gasteiger partial charge >= 0.3 is 0 Å². The average Bonchev–Trinajstić information content (AvgIpc) is 2.66. The Kier molecular flexibility index (Phi) is 3.31. The van der Waals surface area contributed by atoms with Gasteiger partial charge in [-0.1, -0.05) is 25.6 Å². The van der Waals surface area contributed by atoms with Gasteiger partial charge in [-0.2, -0.15) is 0 Å². The number of benzene rings is 1. The number of hydrogen-bond acceptors (Lipinski definition) is 2. The van der Waals surface area contributed by atoms with Gasteiger partial charge in [0.05, 0.1) is 12.7 Å². The van der Waals surface area contributed by atoms with Crippen molar-refractivity contribution in [3.8, 4) is 17.2 Å². The molecule has 2 rings (SSSR count). The maximum atomic E-state index is 11.7. The zero-order chi connectivity index (χ0) is 13.3. The Labute approximate surface area is 109 Å². The predicted molar refractivity (Wildman–Crippen MR) is 75.9 cm³/mol. The average molecular weight is 258 g/mol. The van der Waals surface area contributed by atoms with E-state index in [2.05, 4.69) is 31.1 Å². The number of ether oxygens (including phenoxy) is 1. The fourth-order valence-electron chi connectivity index (χ4n) is 2.00. The Morgan fingerprint density at radius 1 is 1.22 bits per heavy atom. The first kappa shape index (κ1) is 12.9. The lowest BCUT2D eigenvalue weighted by atomic mass is 10.1. The number of carbonyl (C=O) groups excluding carboxylic acids is 1. The summed E-state index contributed by atoms with van der Waals surface area (Å²) in [6.07, 6.45) is 1.45. The Hall–Kier alpha value is -1.53. The molecule has 0 aliphatic heterocycles. The Morgan fingerprint density at radius 2 is 1.94 bits per heavy atom. The molecule has 0 saturated carbocycles. The number of fused-ring (bicyclic) bond motifs is 1. The summed E-state index contributed by atoms with van der Waals surface area (Å²) in [7, 11) is 0.227. The van der Waals surface area contributed by atoms with Crippen molar-refractivity contribution in [2.45, 2.75) is 32.5 Å². The number of methoxy groups -OCH3 is 1. The number of ketones is 1. The molecule has 1 aliphatic rings. The van der Waals surface area contributed by atoms with Crippen LogP contribution in [0.2, 0.25) is 19.6 Å². The highest BCUT2D eigenvalue weighted by molar-refractivity contribution is 6.83. The van der Waals surface area contributed by atoms with Crippen LogP contribution in [0.4, 0.5) is 0 Å². The van der Waals surface area contributed by atoms with Crippen LogP contribution in [-0.4, -0.2) is 21.0 Å². The number of rotatable bonds is 1. The molecule has 1 aromatic rings. The molecule has 0 fully saturated rings. The molecule has 0 spiro atoms. The maximum absolute atomic E-state index is 11.7. The largest absolute Gasteiger partial charge is 0.495 e. The quantitative estimate of drug-likeness (QED) is 0.571. The van der Waals surface area contributed by atoms with E-state index in [1.54, 1.807) is 7.11 Å². The van der Waals surface area contributed by atoms with Crippen molar-refractivity contribution in [1.29, 1.82) is 0 Å². The van der Waals surface area contributed by atoms with Gasteiger partial charge in [-0.25, -0.2) is 0 Å². The third-order valence-corrected chi connectivity index (χ3v) is 3.79. The molecule has 0 N–H and O–H groups in total. The van der Waals surface area contributed by atoms with E-state index < -0.39 is 8.07 Å².